The quantitative estimate of drug-likeness (QED) is 0.170. The van der Waals surface area contributed by atoms with Crippen molar-refractivity contribution < 1.29 is 14.7 Å². The highest BCUT2D eigenvalue weighted by molar-refractivity contribution is 7.16. The van der Waals surface area contributed by atoms with Gasteiger partial charge in [0.15, 0.2) is 0 Å². The van der Waals surface area contributed by atoms with E-state index in [0.717, 1.165) is 47.3 Å². The molecule has 0 spiro atoms. The van der Waals surface area contributed by atoms with E-state index >= 15 is 0 Å². The minimum Gasteiger partial charge on any atom is -0.395 e. The van der Waals surface area contributed by atoms with Crippen LogP contribution in [0.15, 0.2) is 60.4 Å². The van der Waals surface area contributed by atoms with Gasteiger partial charge in [-0.3, -0.25) is 14.9 Å². The van der Waals surface area contributed by atoms with E-state index in [0.29, 0.717) is 30.5 Å². The fourth-order valence-electron chi connectivity index (χ4n) is 5.55. The second-order valence-electron chi connectivity index (χ2n) is 12.0. The Morgan fingerprint density at radius 1 is 1.30 bits per heavy atom. The number of fused-ring (bicyclic) bond motifs is 1. The lowest BCUT2D eigenvalue weighted by atomic mass is 10.0. The van der Waals surface area contributed by atoms with Crippen molar-refractivity contribution in [2.45, 2.75) is 64.7 Å². The average molecular weight is 613 g/mol. The minimum atomic E-state index is -0.282. The number of aromatic nitrogens is 4. The first-order chi connectivity index (χ1) is 21.3. The number of thiophene rings is 1. The van der Waals surface area contributed by atoms with Crippen LogP contribution in [-0.4, -0.2) is 66.4 Å². The number of hydrogen-bond acceptors (Lipinski definition) is 8. The molecule has 3 aromatic heterocycles. The van der Waals surface area contributed by atoms with Crippen molar-refractivity contribution in [2.75, 3.05) is 18.5 Å². The van der Waals surface area contributed by atoms with E-state index in [2.05, 4.69) is 28.7 Å². The molecule has 1 saturated carbocycles. The first-order valence-electron chi connectivity index (χ1n) is 15.0. The number of nitrogens with one attached hydrogen (secondary N) is 2. The van der Waals surface area contributed by atoms with Gasteiger partial charge in [-0.2, -0.15) is 10.4 Å². The summed E-state index contributed by atoms with van der Waals surface area (Å²) in [5, 5.41) is 30.6. The molecule has 12 heteroatoms. The number of anilines is 1. The number of hydrogen-bond donors (Lipinski definition) is 3. The summed E-state index contributed by atoms with van der Waals surface area (Å²) >= 11 is 1.33. The molecule has 2 atom stereocenters. The Morgan fingerprint density at radius 2 is 2.14 bits per heavy atom. The number of rotatable bonds is 11. The SMILES string of the molecule is C[C@H](CO)NCc1ccc2c(c1)nc(NC(=O)c1ccc(-n3cccn3)s1)n2C[C@H]1CCCN1C(=O)C(C#N)=CC1(C)CC1. The topological polar surface area (TPSA) is 141 Å². The molecular weight excluding hydrogens is 576 g/mol. The van der Waals surface area contributed by atoms with Crippen LogP contribution in [0.1, 0.15) is 54.8 Å². The molecule has 4 aromatic rings. The molecule has 2 fully saturated rings. The van der Waals surface area contributed by atoms with Crippen LogP contribution < -0.4 is 10.6 Å². The van der Waals surface area contributed by atoms with Gasteiger partial charge >= 0.3 is 0 Å². The molecule has 44 heavy (non-hydrogen) atoms. The Labute approximate surface area is 259 Å². The number of aliphatic hydroxyl groups excluding tert-OH is 1. The Kier molecular flexibility index (Phi) is 8.35. The Hall–Kier alpha value is -4.31. The third kappa shape index (κ3) is 6.31. The summed E-state index contributed by atoms with van der Waals surface area (Å²) in [5.41, 5.74) is 2.70. The molecule has 0 bridgehead atoms. The lowest BCUT2D eigenvalue weighted by molar-refractivity contribution is -0.127. The highest BCUT2D eigenvalue weighted by Crippen LogP contribution is 2.47. The summed E-state index contributed by atoms with van der Waals surface area (Å²) in [5.74, 6) is -0.113. The maximum absolute atomic E-state index is 13.5. The van der Waals surface area contributed by atoms with Gasteiger partial charge in [-0.05, 0) is 73.9 Å². The van der Waals surface area contributed by atoms with E-state index in [9.17, 15) is 20.0 Å². The molecule has 11 nitrogen and oxygen atoms in total. The van der Waals surface area contributed by atoms with Crippen molar-refractivity contribution in [1.82, 2.24) is 29.5 Å². The second-order valence-corrected chi connectivity index (χ2v) is 13.1. The van der Waals surface area contributed by atoms with Crippen molar-refractivity contribution in [2.24, 2.45) is 5.41 Å². The number of carbonyl (C=O) groups is 2. The molecule has 0 unspecified atom stereocenters. The van der Waals surface area contributed by atoms with Crippen molar-refractivity contribution >= 4 is 40.1 Å². The Morgan fingerprint density at radius 3 is 2.86 bits per heavy atom. The highest BCUT2D eigenvalue weighted by Gasteiger charge is 2.38. The lowest BCUT2D eigenvalue weighted by Crippen LogP contribution is -2.39. The van der Waals surface area contributed by atoms with E-state index in [1.165, 1.54) is 11.3 Å². The smallest absolute Gasteiger partial charge is 0.268 e. The minimum absolute atomic E-state index is 0.0381. The first kappa shape index (κ1) is 29.7. The van der Waals surface area contributed by atoms with Crippen molar-refractivity contribution in [1.29, 1.82) is 5.26 Å². The van der Waals surface area contributed by atoms with Gasteiger partial charge < -0.3 is 19.9 Å². The van der Waals surface area contributed by atoms with Gasteiger partial charge in [0, 0.05) is 38.1 Å². The molecule has 4 heterocycles. The van der Waals surface area contributed by atoms with Crippen molar-refractivity contribution in [3.8, 4) is 11.1 Å². The van der Waals surface area contributed by atoms with Crippen LogP contribution >= 0.6 is 11.3 Å². The summed E-state index contributed by atoms with van der Waals surface area (Å²) in [6.45, 7) is 5.59. The molecule has 2 amide bonds. The lowest BCUT2D eigenvalue weighted by Gasteiger charge is -2.26. The number of likely N-dealkylation sites (tertiary alicyclic amines) is 1. The molecule has 1 saturated heterocycles. The molecule has 228 valence electrons. The van der Waals surface area contributed by atoms with Crippen LogP contribution in [0.4, 0.5) is 5.95 Å². The average Bonchev–Trinajstić information content (AvgIpc) is 3.60. The van der Waals surface area contributed by atoms with Crippen LogP contribution in [0.2, 0.25) is 0 Å². The summed E-state index contributed by atoms with van der Waals surface area (Å²) < 4.78 is 3.68. The monoisotopic (exact) mass is 612 g/mol. The van der Waals surface area contributed by atoms with Crippen LogP contribution in [-0.2, 0) is 17.9 Å². The third-order valence-electron chi connectivity index (χ3n) is 8.43. The summed E-state index contributed by atoms with van der Waals surface area (Å²) in [6, 6.07) is 13.4. The zero-order valence-electron chi connectivity index (χ0n) is 24.9. The van der Waals surface area contributed by atoms with E-state index in [-0.39, 0.29) is 41.5 Å². The molecule has 1 aliphatic carbocycles. The first-order valence-corrected chi connectivity index (χ1v) is 15.8. The molecule has 1 aromatic carbocycles. The van der Waals surface area contributed by atoms with Gasteiger partial charge in [0.05, 0.1) is 28.6 Å². The number of nitriles is 1. The number of carbonyl (C=O) groups excluding carboxylic acids is 2. The molecule has 2 aliphatic rings. The zero-order chi connectivity index (χ0) is 30.8. The molecule has 1 aliphatic heterocycles. The van der Waals surface area contributed by atoms with Crippen LogP contribution in [0.3, 0.4) is 0 Å². The molecular formula is C32H36N8O3S. The van der Waals surface area contributed by atoms with E-state index < -0.39 is 0 Å². The predicted octanol–water partition coefficient (Wildman–Crippen LogP) is 4.25. The number of nitrogens with zero attached hydrogens (tertiary/aromatic N) is 6. The third-order valence-corrected chi connectivity index (χ3v) is 9.50. The molecule has 3 N–H and O–H groups in total. The Bertz CT molecular complexity index is 1740. The second kappa shape index (κ2) is 12.4. The number of aliphatic hydroxyl groups is 1. The summed E-state index contributed by atoms with van der Waals surface area (Å²) in [6.07, 6.45) is 8.96. The van der Waals surface area contributed by atoms with Gasteiger partial charge in [-0.25, -0.2) is 9.67 Å². The number of amides is 2. The van der Waals surface area contributed by atoms with Gasteiger partial charge in [0.2, 0.25) is 5.95 Å². The van der Waals surface area contributed by atoms with E-state index in [4.69, 9.17) is 4.98 Å². The summed E-state index contributed by atoms with van der Waals surface area (Å²) in [7, 11) is 0. The number of imidazole rings is 1. The van der Waals surface area contributed by atoms with Crippen LogP contribution in [0.5, 0.6) is 0 Å². The number of allylic oxidation sites excluding steroid dienone is 1. The van der Waals surface area contributed by atoms with Gasteiger partial charge in [0.25, 0.3) is 11.8 Å². The van der Waals surface area contributed by atoms with Crippen molar-refractivity contribution in [3.63, 3.8) is 0 Å². The number of benzene rings is 1. The van der Waals surface area contributed by atoms with Gasteiger partial charge in [0.1, 0.15) is 16.6 Å². The van der Waals surface area contributed by atoms with Gasteiger partial charge in [-0.15, -0.1) is 11.3 Å². The maximum atomic E-state index is 13.5. The van der Waals surface area contributed by atoms with Gasteiger partial charge in [-0.1, -0.05) is 19.1 Å². The van der Waals surface area contributed by atoms with E-state index in [1.807, 2.05) is 59.0 Å². The zero-order valence-corrected chi connectivity index (χ0v) is 25.7. The van der Waals surface area contributed by atoms with Crippen molar-refractivity contribution in [3.05, 3.63) is 70.9 Å². The predicted molar refractivity (Wildman–Crippen MR) is 168 cm³/mol. The standard InChI is InChI=1S/C32H36N8O3S/c1-21(20-41)34-18-22-6-7-26-25(15-22)36-31(37-29(42)27-8-9-28(44-27)40-14-4-12-35-40)39(26)19-24-5-3-13-38(24)30(43)23(17-33)16-32(2)10-11-32/h4,6-9,12,14-16,21,24,34,41H,3,5,10-11,13,18-20H2,1-2H3,(H,36,37,42)/t21-,24-/m1/s1. The highest BCUT2D eigenvalue weighted by atomic mass is 32.1. The molecule has 6 rings (SSSR count). The fourth-order valence-corrected chi connectivity index (χ4v) is 6.39. The Balaban J connectivity index is 1.29. The van der Waals surface area contributed by atoms with Crippen LogP contribution in [0, 0.1) is 16.7 Å². The van der Waals surface area contributed by atoms with E-state index in [1.54, 1.807) is 16.9 Å². The normalized spacial score (nSPS) is 18.4. The largest absolute Gasteiger partial charge is 0.395 e. The molecule has 0 radical (unpaired) electrons. The fraction of sp³-hybridized carbons (Fsp3) is 0.406. The maximum Gasteiger partial charge on any atom is 0.268 e. The summed E-state index contributed by atoms with van der Waals surface area (Å²) in [4.78, 5) is 34.2. The van der Waals surface area contributed by atoms with Crippen LogP contribution in [0.25, 0.3) is 16.0 Å².